The average molecular weight is 507 g/mol. The van der Waals surface area contributed by atoms with Crippen LogP contribution < -0.4 is 16.6 Å². The molecule has 0 saturated carbocycles. The summed E-state index contributed by atoms with van der Waals surface area (Å²) in [5.41, 5.74) is 1.21. The number of aromatic amines is 1. The molecule has 2 N–H and O–H groups in total. The first-order valence-corrected chi connectivity index (χ1v) is 12.0. The van der Waals surface area contributed by atoms with Gasteiger partial charge in [0.05, 0.1) is 28.0 Å². The van der Waals surface area contributed by atoms with Crippen molar-refractivity contribution in [3.8, 4) is 0 Å². The first kappa shape index (κ1) is 24.0. The number of amides is 1. The summed E-state index contributed by atoms with van der Waals surface area (Å²) >= 11 is 6.35. The molecule has 1 aliphatic heterocycles. The number of carbonyl (C=O) groups is 1. The number of hydrogen-bond donors (Lipinski definition) is 2. The van der Waals surface area contributed by atoms with Crippen molar-refractivity contribution in [3.05, 3.63) is 115 Å². The molecule has 4 aromatic rings. The summed E-state index contributed by atoms with van der Waals surface area (Å²) in [5, 5.41) is 3.45. The van der Waals surface area contributed by atoms with Gasteiger partial charge in [-0.3, -0.25) is 24.0 Å². The number of carbonyl (C=O) groups excluding carboxylic acids is 1. The van der Waals surface area contributed by atoms with E-state index >= 15 is 0 Å². The summed E-state index contributed by atoms with van der Waals surface area (Å²) in [6.07, 6.45) is 0.838. The van der Waals surface area contributed by atoms with Crippen molar-refractivity contribution in [2.75, 3.05) is 13.1 Å². The third kappa shape index (κ3) is 5.10. The second-order valence-electron chi connectivity index (χ2n) is 9.00. The number of hydrogen-bond acceptors (Lipinski definition) is 4. The standard InChI is InChI=1S/C27H24ClFN4O3/c28-23-8-6-18(15-33-24-9-7-19(29)13-22(24)26(35)31-27(33)36)12-21(23)25(34)30-20-10-11-32(16-20)14-17-4-2-1-3-5-17/h1-9,12-13,20H,10-11,14-16H2,(H,30,34)(H,31,35,36). The lowest BCUT2D eigenvalue weighted by atomic mass is 10.1. The molecule has 0 aliphatic carbocycles. The number of rotatable bonds is 6. The van der Waals surface area contributed by atoms with E-state index in [9.17, 15) is 18.8 Å². The van der Waals surface area contributed by atoms with Crippen molar-refractivity contribution in [2.24, 2.45) is 0 Å². The molecule has 7 nitrogen and oxygen atoms in total. The number of H-pyrrole nitrogens is 1. The van der Waals surface area contributed by atoms with Crippen molar-refractivity contribution < 1.29 is 9.18 Å². The maximum atomic E-state index is 13.7. The van der Waals surface area contributed by atoms with Crippen LogP contribution in [0, 0.1) is 5.82 Å². The Bertz CT molecular complexity index is 1550. The Kier molecular flexibility index (Phi) is 6.71. The van der Waals surface area contributed by atoms with Gasteiger partial charge in [0.1, 0.15) is 5.82 Å². The van der Waals surface area contributed by atoms with Gasteiger partial charge >= 0.3 is 5.69 Å². The van der Waals surface area contributed by atoms with Gasteiger partial charge in [-0.2, -0.15) is 0 Å². The van der Waals surface area contributed by atoms with Crippen molar-refractivity contribution in [2.45, 2.75) is 25.6 Å². The van der Waals surface area contributed by atoms with Crippen LogP contribution in [0.2, 0.25) is 5.02 Å². The summed E-state index contributed by atoms with van der Waals surface area (Å²) < 4.78 is 15.0. The van der Waals surface area contributed by atoms with Gasteiger partial charge in [0.25, 0.3) is 11.5 Å². The molecule has 1 unspecified atom stereocenters. The average Bonchev–Trinajstić information content (AvgIpc) is 3.30. The Hall–Kier alpha value is -3.75. The summed E-state index contributed by atoms with van der Waals surface area (Å²) in [4.78, 5) is 42.3. The monoisotopic (exact) mass is 506 g/mol. The van der Waals surface area contributed by atoms with Crippen LogP contribution in [0.15, 0.2) is 76.3 Å². The quantitative estimate of drug-likeness (QED) is 0.419. The topological polar surface area (TPSA) is 87.2 Å². The fourth-order valence-corrected chi connectivity index (χ4v) is 4.85. The number of nitrogens with one attached hydrogen (secondary N) is 2. The number of fused-ring (bicyclic) bond motifs is 1. The molecule has 0 bridgehead atoms. The minimum Gasteiger partial charge on any atom is -0.348 e. The molecular formula is C27H24ClFN4O3. The maximum absolute atomic E-state index is 13.7. The van der Waals surface area contributed by atoms with E-state index in [2.05, 4.69) is 27.3 Å². The molecule has 0 spiro atoms. The van der Waals surface area contributed by atoms with Crippen molar-refractivity contribution in [1.82, 2.24) is 19.8 Å². The fraction of sp³-hybridized carbons (Fsp3) is 0.222. The molecule has 0 radical (unpaired) electrons. The first-order chi connectivity index (χ1) is 17.4. The smallest absolute Gasteiger partial charge is 0.329 e. The molecule has 1 atom stereocenters. The molecule has 1 fully saturated rings. The van der Waals surface area contributed by atoms with E-state index in [0.717, 1.165) is 32.1 Å². The number of halogens is 2. The van der Waals surface area contributed by atoms with Crippen LogP contribution in [0.5, 0.6) is 0 Å². The van der Waals surface area contributed by atoms with E-state index < -0.39 is 17.1 Å². The van der Waals surface area contributed by atoms with E-state index in [4.69, 9.17) is 11.6 Å². The van der Waals surface area contributed by atoms with Gasteiger partial charge in [-0.15, -0.1) is 0 Å². The fourth-order valence-electron chi connectivity index (χ4n) is 4.65. The summed E-state index contributed by atoms with van der Waals surface area (Å²) in [5.74, 6) is -0.855. The highest BCUT2D eigenvalue weighted by Gasteiger charge is 2.25. The number of nitrogens with zero attached hydrogens (tertiary/aromatic N) is 2. The van der Waals surface area contributed by atoms with Crippen LogP contribution >= 0.6 is 11.6 Å². The number of aromatic nitrogens is 2. The highest BCUT2D eigenvalue weighted by Crippen LogP contribution is 2.21. The zero-order chi connectivity index (χ0) is 25.2. The lowest BCUT2D eigenvalue weighted by molar-refractivity contribution is 0.0937. The van der Waals surface area contributed by atoms with Crippen molar-refractivity contribution >= 4 is 28.4 Å². The van der Waals surface area contributed by atoms with Gasteiger partial charge in [0.15, 0.2) is 0 Å². The van der Waals surface area contributed by atoms with Crippen LogP contribution in [-0.2, 0) is 13.1 Å². The Morgan fingerprint density at radius 2 is 1.83 bits per heavy atom. The highest BCUT2D eigenvalue weighted by atomic mass is 35.5. The van der Waals surface area contributed by atoms with E-state index in [1.54, 1.807) is 18.2 Å². The molecule has 1 aliphatic rings. The van der Waals surface area contributed by atoms with Gasteiger partial charge in [-0.05, 0) is 47.9 Å². The van der Waals surface area contributed by atoms with E-state index in [1.807, 2.05) is 18.2 Å². The maximum Gasteiger partial charge on any atom is 0.329 e. The van der Waals surface area contributed by atoms with Crippen LogP contribution in [0.4, 0.5) is 4.39 Å². The molecule has 184 valence electrons. The summed E-state index contributed by atoms with van der Waals surface area (Å²) in [6.45, 7) is 2.53. The van der Waals surface area contributed by atoms with Gasteiger partial charge < -0.3 is 5.32 Å². The number of benzene rings is 3. The minimum absolute atomic E-state index is 0.00148. The van der Waals surface area contributed by atoms with Crippen molar-refractivity contribution in [3.63, 3.8) is 0 Å². The lowest BCUT2D eigenvalue weighted by Gasteiger charge is -2.17. The molecule has 1 aromatic heterocycles. The Labute approximate surface area is 211 Å². The third-order valence-electron chi connectivity index (χ3n) is 6.43. The van der Waals surface area contributed by atoms with Crippen LogP contribution in [0.25, 0.3) is 10.9 Å². The molecule has 1 saturated heterocycles. The van der Waals surface area contributed by atoms with E-state index in [-0.39, 0.29) is 23.9 Å². The molecule has 9 heteroatoms. The first-order valence-electron chi connectivity index (χ1n) is 11.7. The highest BCUT2D eigenvalue weighted by molar-refractivity contribution is 6.33. The van der Waals surface area contributed by atoms with E-state index in [1.165, 1.54) is 22.3 Å². The predicted octanol–water partition coefficient (Wildman–Crippen LogP) is 3.53. The van der Waals surface area contributed by atoms with Crippen LogP contribution in [-0.4, -0.2) is 39.5 Å². The number of likely N-dealkylation sites (tertiary alicyclic amines) is 1. The van der Waals surface area contributed by atoms with E-state index in [0.29, 0.717) is 21.7 Å². The van der Waals surface area contributed by atoms with Crippen LogP contribution in [0.1, 0.15) is 27.9 Å². The minimum atomic E-state index is -0.653. The molecule has 36 heavy (non-hydrogen) atoms. The Balaban J connectivity index is 1.32. The Morgan fingerprint density at radius 1 is 1.03 bits per heavy atom. The third-order valence-corrected chi connectivity index (χ3v) is 6.76. The zero-order valence-electron chi connectivity index (χ0n) is 19.3. The molecule has 1 amide bonds. The largest absolute Gasteiger partial charge is 0.348 e. The van der Waals surface area contributed by atoms with Crippen molar-refractivity contribution in [1.29, 1.82) is 0 Å². The predicted molar refractivity (Wildman–Crippen MR) is 137 cm³/mol. The normalized spacial score (nSPS) is 15.9. The Morgan fingerprint density at radius 3 is 2.64 bits per heavy atom. The van der Waals surface area contributed by atoms with Gasteiger partial charge in [-0.1, -0.05) is 48.0 Å². The van der Waals surface area contributed by atoms with Gasteiger partial charge in [0.2, 0.25) is 0 Å². The summed E-state index contributed by atoms with van der Waals surface area (Å²) in [6, 6.07) is 18.8. The molecule has 5 rings (SSSR count). The van der Waals surface area contributed by atoms with Gasteiger partial charge in [-0.25, -0.2) is 9.18 Å². The second-order valence-corrected chi connectivity index (χ2v) is 9.41. The lowest BCUT2D eigenvalue weighted by Crippen LogP contribution is -2.37. The van der Waals surface area contributed by atoms with Crippen LogP contribution in [0.3, 0.4) is 0 Å². The second kappa shape index (κ2) is 10.1. The molecule has 3 aromatic carbocycles. The molecular weight excluding hydrogens is 483 g/mol. The summed E-state index contributed by atoms with van der Waals surface area (Å²) in [7, 11) is 0. The van der Waals surface area contributed by atoms with Gasteiger partial charge in [0, 0.05) is 25.7 Å². The zero-order valence-corrected chi connectivity index (χ0v) is 20.1. The molecule has 2 heterocycles. The SMILES string of the molecule is O=C(NC1CCN(Cc2ccccc2)C1)c1cc(Cn2c(=O)[nH]c(=O)c3cc(F)ccc32)ccc1Cl.